The maximum Gasteiger partial charge on any atom is 0.340 e. The molecule has 1 aromatic heterocycles. The first-order valence-electron chi connectivity index (χ1n) is 6.28. The number of halogens is 1. The van der Waals surface area contributed by atoms with E-state index >= 15 is 0 Å². The molecule has 6 nitrogen and oxygen atoms in total. The first-order chi connectivity index (χ1) is 9.93. The van der Waals surface area contributed by atoms with E-state index in [2.05, 4.69) is 9.72 Å². The van der Waals surface area contributed by atoms with E-state index in [1.165, 1.54) is 13.2 Å². The molecule has 0 bridgehead atoms. The average Bonchev–Trinajstić information content (AvgIpc) is 2.83. The van der Waals surface area contributed by atoms with Crippen molar-refractivity contribution in [1.29, 1.82) is 0 Å². The number of esters is 1. The van der Waals surface area contributed by atoms with Crippen LogP contribution in [-0.2, 0) is 18.3 Å². The third-order valence-corrected chi connectivity index (χ3v) is 3.24. The molecule has 0 saturated heterocycles. The molecule has 1 aromatic carbocycles. The maximum absolute atomic E-state index is 14.1. The lowest BCUT2D eigenvalue weighted by Gasteiger charge is -2.20. The zero-order valence-corrected chi connectivity index (χ0v) is 12.1. The lowest BCUT2D eigenvalue weighted by molar-refractivity contribution is 0.0602. The van der Waals surface area contributed by atoms with Crippen molar-refractivity contribution in [3.05, 3.63) is 41.7 Å². The van der Waals surface area contributed by atoms with E-state index in [-0.39, 0.29) is 16.9 Å². The predicted molar refractivity (Wildman–Crippen MR) is 77.5 cm³/mol. The van der Waals surface area contributed by atoms with Gasteiger partial charge < -0.3 is 19.9 Å². The van der Waals surface area contributed by atoms with E-state index in [9.17, 15) is 9.18 Å². The summed E-state index contributed by atoms with van der Waals surface area (Å²) in [5.74, 6) is -0.329. The summed E-state index contributed by atoms with van der Waals surface area (Å²) in [6, 6.07) is 2.51. The number of carbonyl (C=O) groups excluding carboxylic acids is 1. The number of methoxy groups -OCH3 is 1. The zero-order chi connectivity index (χ0) is 15.6. The van der Waals surface area contributed by atoms with Gasteiger partial charge in [-0.05, 0) is 12.1 Å². The van der Waals surface area contributed by atoms with Gasteiger partial charge in [0.2, 0.25) is 0 Å². The number of rotatable bonds is 4. The highest BCUT2D eigenvalue weighted by Crippen LogP contribution is 2.26. The highest BCUT2D eigenvalue weighted by Gasteiger charge is 2.17. The van der Waals surface area contributed by atoms with Gasteiger partial charge in [-0.25, -0.2) is 14.2 Å². The van der Waals surface area contributed by atoms with Crippen molar-refractivity contribution in [2.45, 2.75) is 6.54 Å². The van der Waals surface area contributed by atoms with Crippen LogP contribution in [0, 0.1) is 5.82 Å². The van der Waals surface area contributed by atoms with Crippen LogP contribution in [0.2, 0.25) is 0 Å². The lowest BCUT2D eigenvalue weighted by Crippen LogP contribution is -2.21. The van der Waals surface area contributed by atoms with Crippen LogP contribution in [-0.4, -0.2) is 29.7 Å². The van der Waals surface area contributed by atoms with Gasteiger partial charge in [-0.3, -0.25) is 0 Å². The Kier molecular flexibility index (Phi) is 4.11. The van der Waals surface area contributed by atoms with E-state index in [4.69, 9.17) is 5.73 Å². The highest BCUT2D eigenvalue weighted by atomic mass is 19.1. The predicted octanol–water partition coefficient (Wildman–Crippen LogP) is 1.56. The minimum atomic E-state index is -0.598. The van der Waals surface area contributed by atoms with Crippen molar-refractivity contribution in [1.82, 2.24) is 9.55 Å². The van der Waals surface area contributed by atoms with Gasteiger partial charge in [0.1, 0.15) is 11.6 Å². The summed E-state index contributed by atoms with van der Waals surface area (Å²) in [4.78, 5) is 17.5. The standard InChI is InChI=1S/C14H17FN4O2/c1-18-5-4-17-13(18)8-19(2)12-6-9(14(20)21-3)11(16)7-10(12)15/h4-7H,8,16H2,1-3H3. The van der Waals surface area contributed by atoms with Crippen LogP contribution < -0.4 is 10.6 Å². The molecular weight excluding hydrogens is 275 g/mol. The summed E-state index contributed by atoms with van der Waals surface area (Å²) >= 11 is 0. The van der Waals surface area contributed by atoms with Crippen molar-refractivity contribution in [3.8, 4) is 0 Å². The number of nitrogens with two attached hydrogens (primary N) is 1. The first-order valence-corrected chi connectivity index (χ1v) is 6.28. The Morgan fingerprint density at radius 2 is 2.24 bits per heavy atom. The Morgan fingerprint density at radius 3 is 2.81 bits per heavy atom. The van der Waals surface area contributed by atoms with Crippen LogP contribution in [0.25, 0.3) is 0 Å². The fraction of sp³-hybridized carbons (Fsp3) is 0.286. The number of carbonyl (C=O) groups is 1. The van der Waals surface area contributed by atoms with Crippen molar-refractivity contribution < 1.29 is 13.9 Å². The van der Waals surface area contributed by atoms with Gasteiger partial charge in [-0.2, -0.15) is 0 Å². The Morgan fingerprint density at radius 1 is 1.52 bits per heavy atom. The van der Waals surface area contributed by atoms with E-state index in [0.29, 0.717) is 6.54 Å². The molecule has 0 amide bonds. The summed E-state index contributed by atoms with van der Waals surface area (Å²) in [5.41, 5.74) is 6.10. The van der Waals surface area contributed by atoms with E-state index in [1.807, 2.05) is 17.8 Å². The molecule has 0 aliphatic heterocycles. The van der Waals surface area contributed by atoms with Crippen molar-refractivity contribution >= 4 is 17.3 Å². The molecule has 0 aliphatic rings. The summed E-state index contributed by atoms with van der Waals surface area (Å²) < 4.78 is 20.6. The van der Waals surface area contributed by atoms with Gasteiger partial charge in [0, 0.05) is 32.2 Å². The average molecular weight is 292 g/mol. The first kappa shape index (κ1) is 14.8. The second-order valence-electron chi connectivity index (χ2n) is 4.69. The number of anilines is 2. The smallest absolute Gasteiger partial charge is 0.340 e. The summed E-state index contributed by atoms with van der Waals surface area (Å²) in [7, 11) is 4.82. The monoisotopic (exact) mass is 292 g/mol. The van der Waals surface area contributed by atoms with E-state index in [1.54, 1.807) is 18.1 Å². The molecule has 0 radical (unpaired) electrons. The van der Waals surface area contributed by atoms with Gasteiger partial charge in [0.15, 0.2) is 0 Å². The molecular formula is C14H17FN4O2. The van der Waals surface area contributed by atoms with Crippen LogP contribution >= 0.6 is 0 Å². The zero-order valence-electron chi connectivity index (χ0n) is 12.1. The fourth-order valence-corrected chi connectivity index (χ4v) is 2.00. The van der Waals surface area contributed by atoms with Crippen LogP contribution in [0.4, 0.5) is 15.8 Å². The molecule has 0 unspecified atom stereocenters. The molecule has 21 heavy (non-hydrogen) atoms. The van der Waals surface area contributed by atoms with Crippen LogP contribution in [0.15, 0.2) is 24.5 Å². The van der Waals surface area contributed by atoms with Crippen molar-refractivity contribution in [2.24, 2.45) is 7.05 Å². The number of imidazole rings is 1. The minimum absolute atomic E-state index is 0.0495. The number of ether oxygens (including phenoxy) is 1. The third kappa shape index (κ3) is 2.96. The second kappa shape index (κ2) is 5.82. The lowest BCUT2D eigenvalue weighted by atomic mass is 10.1. The number of hydrogen-bond donors (Lipinski definition) is 1. The van der Waals surface area contributed by atoms with Gasteiger partial charge in [0.25, 0.3) is 0 Å². The van der Waals surface area contributed by atoms with Crippen LogP contribution in [0.3, 0.4) is 0 Å². The maximum atomic E-state index is 14.1. The Bertz CT molecular complexity index is 669. The molecule has 0 atom stereocenters. The van der Waals surface area contributed by atoms with Crippen LogP contribution in [0.5, 0.6) is 0 Å². The highest BCUT2D eigenvalue weighted by molar-refractivity contribution is 5.96. The second-order valence-corrected chi connectivity index (χ2v) is 4.69. The number of benzene rings is 1. The fourth-order valence-electron chi connectivity index (χ4n) is 2.00. The summed E-state index contributed by atoms with van der Waals surface area (Å²) in [5, 5.41) is 0. The minimum Gasteiger partial charge on any atom is -0.465 e. The molecule has 7 heteroatoms. The summed E-state index contributed by atoms with van der Waals surface area (Å²) in [6.45, 7) is 0.394. The SMILES string of the molecule is COC(=O)c1cc(N(C)Cc2nccn2C)c(F)cc1N. The van der Waals surface area contributed by atoms with E-state index < -0.39 is 11.8 Å². The number of hydrogen-bond acceptors (Lipinski definition) is 5. The molecule has 2 aromatic rings. The van der Waals surface area contributed by atoms with Gasteiger partial charge in [0.05, 0.1) is 24.9 Å². The summed E-state index contributed by atoms with van der Waals surface area (Å²) in [6.07, 6.45) is 3.48. The molecule has 2 rings (SSSR count). The van der Waals surface area contributed by atoms with Gasteiger partial charge >= 0.3 is 5.97 Å². The topological polar surface area (TPSA) is 73.4 Å². The normalized spacial score (nSPS) is 10.5. The molecule has 0 spiro atoms. The molecule has 0 fully saturated rings. The van der Waals surface area contributed by atoms with Crippen LogP contribution in [0.1, 0.15) is 16.2 Å². The number of nitrogen functional groups attached to an aromatic ring is 1. The van der Waals surface area contributed by atoms with Gasteiger partial charge in [-0.1, -0.05) is 0 Å². The van der Waals surface area contributed by atoms with Crippen molar-refractivity contribution in [3.63, 3.8) is 0 Å². The Hall–Kier alpha value is -2.57. The van der Waals surface area contributed by atoms with E-state index in [0.717, 1.165) is 11.9 Å². The number of aryl methyl sites for hydroxylation is 1. The number of aromatic nitrogens is 2. The molecule has 0 aliphatic carbocycles. The molecule has 0 saturated carbocycles. The number of nitrogens with zero attached hydrogens (tertiary/aromatic N) is 3. The molecule has 112 valence electrons. The third-order valence-electron chi connectivity index (χ3n) is 3.24. The largest absolute Gasteiger partial charge is 0.465 e. The van der Waals surface area contributed by atoms with Gasteiger partial charge in [-0.15, -0.1) is 0 Å². The Labute approximate surface area is 121 Å². The van der Waals surface area contributed by atoms with Crippen molar-refractivity contribution in [2.75, 3.05) is 24.8 Å². The Balaban J connectivity index is 2.34. The molecule has 2 N–H and O–H groups in total. The molecule has 1 heterocycles. The quantitative estimate of drug-likeness (QED) is 0.684.